The molecule has 1 amide bonds. The number of hydrogen-bond donors (Lipinski definition) is 0. The number of carbonyl (C=O) groups is 2. The largest absolute Gasteiger partial charge is 0.482 e. The molecule has 0 atom stereocenters. The summed E-state index contributed by atoms with van der Waals surface area (Å²) < 4.78 is 10.9. The number of nitrogens with zero attached hydrogens (tertiary/aromatic N) is 2. The molecule has 3 aromatic rings. The molecule has 0 fully saturated rings. The highest BCUT2D eigenvalue weighted by atomic mass is 32.1. The van der Waals surface area contributed by atoms with Gasteiger partial charge in [-0.05, 0) is 49.7 Å². The van der Waals surface area contributed by atoms with Crippen molar-refractivity contribution in [1.29, 1.82) is 0 Å². The Morgan fingerprint density at radius 3 is 2.90 bits per heavy atom. The summed E-state index contributed by atoms with van der Waals surface area (Å²) in [5.41, 5.74) is 5.55. The number of carbonyl (C=O) groups excluding carboxylic acids is 2. The fourth-order valence-corrected chi connectivity index (χ4v) is 3.71. The number of ether oxygens (including phenoxy) is 2. The normalized spacial score (nSPS) is 13.2. The van der Waals surface area contributed by atoms with Crippen molar-refractivity contribution in [3.8, 4) is 17.0 Å². The first kappa shape index (κ1) is 19.1. The molecule has 148 valence electrons. The van der Waals surface area contributed by atoms with Crippen LogP contribution in [-0.2, 0) is 16.1 Å². The molecule has 1 aromatic heterocycles. The van der Waals surface area contributed by atoms with E-state index in [4.69, 9.17) is 9.47 Å². The third kappa shape index (κ3) is 4.14. The quantitative estimate of drug-likeness (QED) is 0.589. The lowest BCUT2D eigenvalue weighted by Crippen LogP contribution is -2.38. The Bertz CT molecular complexity index is 1050. The molecule has 1 aliphatic rings. The minimum absolute atomic E-state index is 0.0157. The molecule has 1 aliphatic heterocycles. The molecule has 0 N–H and O–H groups in total. The molecule has 2 aromatic carbocycles. The molecule has 29 heavy (non-hydrogen) atoms. The van der Waals surface area contributed by atoms with E-state index in [0.717, 1.165) is 16.8 Å². The number of amides is 1. The molecule has 0 unspecified atom stereocenters. The first-order valence-corrected chi connectivity index (χ1v) is 10.2. The third-order valence-electron chi connectivity index (χ3n) is 4.48. The van der Waals surface area contributed by atoms with Crippen LogP contribution >= 0.6 is 11.3 Å². The zero-order chi connectivity index (χ0) is 20.4. The molecule has 4 rings (SSSR count). The predicted octanol–water partition coefficient (Wildman–Crippen LogP) is 4.30. The van der Waals surface area contributed by atoms with Crippen molar-refractivity contribution >= 4 is 28.9 Å². The summed E-state index contributed by atoms with van der Waals surface area (Å²) in [5.74, 6) is 0.142. The summed E-state index contributed by atoms with van der Waals surface area (Å²) >= 11 is 1.52. The molecular formula is C22H20N2O4S. The van der Waals surface area contributed by atoms with Crippen molar-refractivity contribution in [2.75, 3.05) is 11.5 Å². The fourth-order valence-electron chi connectivity index (χ4n) is 3.15. The van der Waals surface area contributed by atoms with Crippen LogP contribution in [0.2, 0.25) is 0 Å². The number of benzene rings is 2. The number of rotatable bonds is 5. The van der Waals surface area contributed by atoms with E-state index in [9.17, 15) is 9.59 Å². The monoisotopic (exact) mass is 408 g/mol. The lowest BCUT2D eigenvalue weighted by molar-refractivity contribution is -0.121. The number of fused-ring (bicyclic) bond motifs is 1. The number of aromatic nitrogens is 1. The topological polar surface area (TPSA) is 68.7 Å². The number of hydrogen-bond acceptors (Lipinski definition) is 6. The van der Waals surface area contributed by atoms with Gasteiger partial charge in [-0.2, -0.15) is 0 Å². The van der Waals surface area contributed by atoms with E-state index in [1.54, 1.807) is 28.6 Å². The van der Waals surface area contributed by atoms with Crippen molar-refractivity contribution < 1.29 is 19.1 Å². The molecule has 6 nitrogen and oxygen atoms in total. The van der Waals surface area contributed by atoms with Crippen LogP contribution in [0.15, 0.2) is 53.4 Å². The third-order valence-corrected chi connectivity index (χ3v) is 5.06. The van der Waals surface area contributed by atoms with Crippen molar-refractivity contribution in [3.05, 3.63) is 64.5 Å². The highest BCUT2D eigenvalue weighted by molar-refractivity contribution is 7.07. The average Bonchev–Trinajstić information content (AvgIpc) is 3.24. The molecule has 2 heterocycles. The first-order valence-electron chi connectivity index (χ1n) is 9.27. The molecule has 0 saturated heterocycles. The summed E-state index contributed by atoms with van der Waals surface area (Å²) in [6, 6.07) is 12.9. The molecular weight excluding hydrogens is 388 g/mol. The Balaban J connectivity index is 1.64. The van der Waals surface area contributed by atoms with E-state index in [0.29, 0.717) is 23.5 Å². The van der Waals surface area contributed by atoms with E-state index < -0.39 is 0 Å². The fraction of sp³-hybridized carbons (Fsp3) is 0.227. The van der Waals surface area contributed by atoms with Gasteiger partial charge in [0, 0.05) is 10.9 Å². The maximum Gasteiger partial charge on any atom is 0.338 e. The molecule has 0 saturated carbocycles. The Morgan fingerprint density at radius 2 is 2.14 bits per heavy atom. The van der Waals surface area contributed by atoms with Gasteiger partial charge in [-0.3, -0.25) is 4.79 Å². The molecule has 0 spiro atoms. The number of anilines is 1. The van der Waals surface area contributed by atoms with E-state index in [-0.39, 0.29) is 24.6 Å². The van der Waals surface area contributed by atoms with Crippen LogP contribution in [0.3, 0.4) is 0 Å². The van der Waals surface area contributed by atoms with Crippen molar-refractivity contribution in [2.45, 2.75) is 26.5 Å². The van der Waals surface area contributed by atoms with E-state index in [2.05, 4.69) is 4.98 Å². The second-order valence-corrected chi connectivity index (χ2v) is 7.70. The number of esters is 1. The summed E-state index contributed by atoms with van der Waals surface area (Å²) in [5, 5.41) is 1.96. The second kappa shape index (κ2) is 8.05. The van der Waals surface area contributed by atoms with E-state index in [1.807, 2.05) is 43.5 Å². The van der Waals surface area contributed by atoms with E-state index >= 15 is 0 Å². The van der Waals surface area contributed by atoms with Gasteiger partial charge in [-0.25, -0.2) is 9.78 Å². The maximum absolute atomic E-state index is 12.6. The second-order valence-electron chi connectivity index (χ2n) is 6.98. The van der Waals surface area contributed by atoms with Gasteiger partial charge in [-0.1, -0.05) is 12.1 Å². The number of thiazole rings is 1. The summed E-state index contributed by atoms with van der Waals surface area (Å²) in [6.07, 6.45) is -0.192. The van der Waals surface area contributed by atoms with Crippen molar-refractivity contribution in [3.63, 3.8) is 0 Å². The van der Waals surface area contributed by atoms with Crippen LogP contribution in [0.1, 0.15) is 29.8 Å². The van der Waals surface area contributed by atoms with Gasteiger partial charge in [0.15, 0.2) is 6.61 Å². The Hall–Kier alpha value is -3.19. The lowest BCUT2D eigenvalue weighted by Gasteiger charge is -2.30. The highest BCUT2D eigenvalue weighted by Crippen LogP contribution is 2.36. The van der Waals surface area contributed by atoms with Crippen molar-refractivity contribution in [1.82, 2.24) is 4.98 Å². The van der Waals surface area contributed by atoms with Gasteiger partial charge in [-0.15, -0.1) is 11.3 Å². The smallest absolute Gasteiger partial charge is 0.338 e. The van der Waals surface area contributed by atoms with Gasteiger partial charge in [0.25, 0.3) is 5.91 Å². The van der Waals surface area contributed by atoms with E-state index in [1.165, 1.54) is 11.3 Å². The molecule has 7 heteroatoms. The van der Waals surface area contributed by atoms with Crippen LogP contribution in [0.5, 0.6) is 5.75 Å². The molecule has 0 radical (unpaired) electrons. The van der Waals surface area contributed by atoms with Crippen LogP contribution in [-0.4, -0.2) is 29.6 Å². The van der Waals surface area contributed by atoms with Gasteiger partial charge in [0.1, 0.15) is 5.75 Å². The minimum atomic E-state index is -0.374. The van der Waals surface area contributed by atoms with Gasteiger partial charge in [0.05, 0.1) is 35.1 Å². The SMILES string of the molecule is CC(C)OC(=O)c1cccc(CN2C(=O)COc3ccc(-c4cscn4)cc32)c1. The average molecular weight is 408 g/mol. The summed E-state index contributed by atoms with van der Waals surface area (Å²) in [4.78, 5) is 30.9. The Labute approximate surface area is 172 Å². The predicted molar refractivity (Wildman–Crippen MR) is 111 cm³/mol. The first-order chi connectivity index (χ1) is 14.0. The van der Waals surface area contributed by atoms with Crippen LogP contribution in [0.4, 0.5) is 5.69 Å². The summed E-state index contributed by atoms with van der Waals surface area (Å²) in [7, 11) is 0. The maximum atomic E-state index is 12.6. The molecule has 0 aliphatic carbocycles. The lowest BCUT2D eigenvalue weighted by atomic mass is 10.1. The van der Waals surface area contributed by atoms with Crippen LogP contribution in [0, 0.1) is 0 Å². The van der Waals surface area contributed by atoms with Crippen LogP contribution < -0.4 is 9.64 Å². The van der Waals surface area contributed by atoms with Gasteiger partial charge < -0.3 is 14.4 Å². The zero-order valence-corrected chi connectivity index (χ0v) is 16.9. The van der Waals surface area contributed by atoms with Gasteiger partial charge >= 0.3 is 5.97 Å². The zero-order valence-electron chi connectivity index (χ0n) is 16.1. The molecule has 0 bridgehead atoms. The Kier molecular flexibility index (Phi) is 5.31. The summed E-state index contributed by atoms with van der Waals surface area (Å²) in [6.45, 7) is 3.94. The van der Waals surface area contributed by atoms with Gasteiger partial charge in [0.2, 0.25) is 0 Å². The highest BCUT2D eigenvalue weighted by Gasteiger charge is 2.26. The van der Waals surface area contributed by atoms with Crippen LogP contribution in [0.25, 0.3) is 11.3 Å². The van der Waals surface area contributed by atoms with Crippen molar-refractivity contribution in [2.24, 2.45) is 0 Å². The Morgan fingerprint density at radius 1 is 1.28 bits per heavy atom. The standard InChI is InChI=1S/C22H20N2O4S/c1-14(2)28-22(26)17-5-3-4-15(8-17)10-24-19-9-16(18-12-29-13-23-18)6-7-20(19)27-11-21(24)25/h3-9,12-14H,10-11H2,1-2H3. The minimum Gasteiger partial charge on any atom is -0.482 e.